The first-order valence-corrected chi connectivity index (χ1v) is 5.85. The molecule has 0 aliphatic carbocycles. The van der Waals surface area contributed by atoms with E-state index in [9.17, 15) is 4.79 Å². The summed E-state index contributed by atoms with van der Waals surface area (Å²) in [6.07, 6.45) is 3.15. The molecule has 5 nitrogen and oxygen atoms in total. The molecule has 0 fully saturated rings. The summed E-state index contributed by atoms with van der Waals surface area (Å²) in [5.74, 6) is 0.473. The monoisotopic (exact) mass is 253 g/mol. The number of nitrogens with zero attached hydrogens (tertiary/aromatic N) is 1. The maximum absolute atomic E-state index is 11.8. The molecule has 1 heterocycles. The van der Waals surface area contributed by atoms with Crippen molar-refractivity contribution >= 4 is 5.78 Å². The third-order valence-corrected chi connectivity index (χ3v) is 2.07. The van der Waals surface area contributed by atoms with Crippen molar-refractivity contribution in [1.82, 2.24) is 4.98 Å². The molecule has 0 bridgehead atoms. The molecule has 0 amide bonds. The van der Waals surface area contributed by atoms with Crippen LogP contribution in [-0.2, 0) is 9.47 Å². The first-order valence-electron chi connectivity index (χ1n) is 5.85. The van der Waals surface area contributed by atoms with Gasteiger partial charge >= 0.3 is 0 Å². The molecule has 0 aliphatic rings. The fraction of sp³-hybridized carbons (Fsp3) is 0.538. The normalized spacial score (nSPS) is 10.7. The lowest BCUT2D eigenvalue weighted by molar-refractivity contribution is 0.0576. The van der Waals surface area contributed by atoms with Gasteiger partial charge in [-0.2, -0.15) is 0 Å². The quantitative estimate of drug-likeness (QED) is 0.521. The molecular formula is C13H19NO4. The SMILES string of the molecule is COCCOCC(=O)c1cncc(OC(C)C)c1. The van der Waals surface area contributed by atoms with Crippen LogP contribution in [0, 0.1) is 0 Å². The maximum atomic E-state index is 11.8. The van der Waals surface area contributed by atoms with Gasteiger partial charge < -0.3 is 14.2 Å². The molecule has 0 aliphatic heterocycles. The van der Waals surface area contributed by atoms with Gasteiger partial charge in [-0.15, -0.1) is 0 Å². The zero-order chi connectivity index (χ0) is 13.4. The predicted octanol–water partition coefficient (Wildman–Crippen LogP) is 1.71. The smallest absolute Gasteiger partial charge is 0.190 e. The van der Waals surface area contributed by atoms with Gasteiger partial charge in [0.25, 0.3) is 0 Å². The van der Waals surface area contributed by atoms with E-state index in [0.29, 0.717) is 24.5 Å². The molecule has 5 heteroatoms. The van der Waals surface area contributed by atoms with Crippen LogP contribution in [0.15, 0.2) is 18.5 Å². The third kappa shape index (κ3) is 5.25. The molecular weight excluding hydrogens is 234 g/mol. The van der Waals surface area contributed by atoms with Crippen LogP contribution in [0.25, 0.3) is 0 Å². The van der Waals surface area contributed by atoms with Crippen LogP contribution < -0.4 is 4.74 Å². The molecule has 0 aromatic carbocycles. The lowest BCUT2D eigenvalue weighted by Crippen LogP contribution is -2.13. The molecule has 18 heavy (non-hydrogen) atoms. The lowest BCUT2D eigenvalue weighted by atomic mass is 10.2. The first-order chi connectivity index (χ1) is 8.63. The largest absolute Gasteiger partial charge is 0.489 e. The second-order valence-corrected chi connectivity index (χ2v) is 4.04. The zero-order valence-corrected chi connectivity index (χ0v) is 11.0. The summed E-state index contributed by atoms with van der Waals surface area (Å²) in [5, 5.41) is 0. The second kappa shape index (κ2) is 7.79. The van der Waals surface area contributed by atoms with Crippen molar-refractivity contribution in [2.24, 2.45) is 0 Å². The second-order valence-electron chi connectivity index (χ2n) is 4.04. The minimum Gasteiger partial charge on any atom is -0.489 e. The van der Waals surface area contributed by atoms with E-state index < -0.39 is 0 Å². The Kier molecular flexibility index (Phi) is 6.32. The highest BCUT2D eigenvalue weighted by atomic mass is 16.5. The Bertz CT molecular complexity index is 379. The van der Waals surface area contributed by atoms with E-state index in [4.69, 9.17) is 14.2 Å². The predicted molar refractivity (Wildman–Crippen MR) is 67.0 cm³/mol. The molecule has 1 aromatic heterocycles. The van der Waals surface area contributed by atoms with Crippen molar-refractivity contribution in [2.75, 3.05) is 26.9 Å². The Labute approximate surface area is 107 Å². The number of hydrogen-bond acceptors (Lipinski definition) is 5. The van der Waals surface area contributed by atoms with Crippen molar-refractivity contribution in [1.29, 1.82) is 0 Å². The zero-order valence-electron chi connectivity index (χ0n) is 11.0. The Hall–Kier alpha value is -1.46. The number of pyridine rings is 1. The van der Waals surface area contributed by atoms with Gasteiger partial charge in [-0.3, -0.25) is 9.78 Å². The number of ether oxygens (including phenoxy) is 3. The average Bonchev–Trinajstić information content (AvgIpc) is 2.34. The summed E-state index contributed by atoms with van der Waals surface area (Å²) in [4.78, 5) is 15.8. The van der Waals surface area contributed by atoms with Crippen LogP contribution in [-0.4, -0.2) is 43.8 Å². The molecule has 0 atom stereocenters. The number of methoxy groups -OCH3 is 1. The van der Waals surface area contributed by atoms with Gasteiger partial charge in [-0.05, 0) is 19.9 Å². The Morgan fingerprint density at radius 1 is 1.33 bits per heavy atom. The molecule has 0 saturated carbocycles. The summed E-state index contributed by atoms with van der Waals surface area (Å²) in [7, 11) is 1.59. The van der Waals surface area contributed by atoms with Crippen molar-refractivity contribution in [3.63, 3.8) is 0 Å². The molecule has 100 valence electrons. The van der Waals surface area contributed by atoms with E-state index in [1.165, 1.54) is 6.20 Å². The van der Waals surface area contributed by atoms with Crippen molar-refractivity contribution in [3.05, 3.63) is 24.0 Å². The first kappa shape index (κ1) is 14.6. The third-order valence-electron chi connectivity index (χ3n) is 2.07. The van der Waals surface area contributed by atoms with E-state index in [-0.39, 0.29) is 18.5 Å². The standard InChI is InChI=1S/C13H19NO4/c1-10(2)18-12-6-11(7-14-8-12)13(15)9-17-5-4-16-3/h6-8,10H,4-5,9H2,1-3H3. The summed E-state index contributed by atoms with van der Waals surface area (Å²) >= 11 is 0. The fourth-order valence-corrected chi connectivity index (χ4v) is 1.30. The van der Waals surface area contributed by atoms with Crippen LogP contribution in [0.2, 0.25) is 0 Å². The lowest BCUT2D eigenvalue weighted by Gasteiger charge is -2.10. The van der Waals surface area contributed by atoms with E-state index in [2.05, 4.69) is 4.98 Å². The van der Waals surface area contributed by atoms with Crippen LogP contribution in [0.5, 0.6) is 5.75 Å². The van der Waals surface area contributed by atoms with Crippen LogP contribution in [0.3, 0.4) is 0 Å². The van der Waals surface area contributed by atoms with Crippen molar-refractivity contribution < 1.29 is 19.0 Å². The molecule has 0 saturated heterocycles. The summed E-state index contributed by atoms with van der Waals surface area (Å²) in [6.45, 7) is 4.74. The Morgan fingerprint density at radius 3 is 2.78 bits per heavy atom. The molecule has 0 spiro atoms. The highest BCUT2D eigenvalue weighted by Gasteiger charge is 2.08. The molecule has 1 aromatic rings. The minimum atomic E-state index is -0.118. The summed E-state index contributed by atoms with van der Waals surface area (Å²) in [6, 6.07) is 1.68. The topological polar surface area (TPSA) is 57.7 Å². The van der Waals surface area contributed by atoms with E-state index >= 15 is 0 Å². The maximum Gasteiger partial charge on any atom is 0.190 e. The highest BCUT2D eigenvalue weighted by Crippen LogP contribution is 2.13. The molecule has 0 unspecified atom stereocenters. The van der Waals surface area contributed by atoms with Gasteiger partial charge in [0.05, 0.1) is 25.5 Å². The number of aromatic nitrogens is 1. The number of ketones is 1. The number of hydrogen-bond donors (Lipinski definition) is 0. The average molecular weight is 253 g/mol. The van der Waals surface area contributed by atoms with E-state index in [0.717, 1.165) is 0 Å². The highest BCUT2D eigenvalue weighted by molar-refractivity contribution is 5.97. The van der Waals surface area contributed by atoms with Crippen molar-refractivity contribution in [2.45, 2.75) is 20.0 Å². The Balaban J connectivity index is 2.51. The number of carbonyl (C=O) groups is 1. The number of rotatable bonds is 8. The van der Waals surface area contributed by atoms with E-state index in [1.807, 2.05) is 13.8 Å². The van der Waals surface area contributed by atoms with Gasteiger partial charge in [-0.1, -0.05) is 0 Å². The summed E-state index contributed by atoms with van der Waals surface area (Å²) in [5.41, 5.74) is 0.491. The molecule has 1 rings (SSSR count). The number of Topliss-reactive ketones (excluding diaryl/α,β-unsaturated/α-hetero) is 1. The van der Waals surface area contributed by atoms with Crippen molar-refractivity contribution in [3.8, 4) is 5.75 Å². The van der Waals surface area contributed by atoms with Gasteiger partial charge in [-0.25, -0.2) is 0 Å². The molecule has 0 N–H and O–H groups in total. The Morgan fingerprint density at radius 2 is 2.11 bits per heavy atom. The van der Waals surface area contributed by atoms with Crippen LogP contribution in [0.1, 0.15) is 24.2 Å². The fourth-order valence-electron chi connectivity index (χ4n) is 1.30. The number of carbonyl (C=O) groups excluding carboxylic acids is 1. The van der Waals surface area contributed by atoms with E-state index in [1.54, 1.807) is 19.4 Å². The van der Waals surface area contributed by atoms with Crippen LogP contribution in [0.4, 0.5) is 0 Å². The van der Waals surface area contributed by atoms with Gasteiger partial charge in [0.1, 0.15) is 12.4 Å². The van der Waals surface area contributed by atoms with Crippen LogP contribution >= 0.6 is 0 Å². The van der Waals surface area contributed by atoms with Gasteiger partial charge in [0, 0.05) is 18.9 Å². The molecule has 0 radical (unpaired) electrons. The minimum absolute atomic E-state index is 0.0240. The van der Waals surface area contributed by atoms with Gasteiger partial charge in [0.2, 0.25) is 0 Å². The van der Waals surface area contributed by atoms with Gasteiger partial charge in [0.15, 0.2) is 5.78 Å². The summed E-state index contributed by atoms with van der Waals surface area (Å²) < 4.78 is 15.5.